The first-order valence-corrected chi connectivity index (χ1v) is 4.42. The van der Waals surface area contributed by atoms with E-state index in [4.69, 9.17) is 5.11 Å². The van der Waals surface area contributed by atoms with E-state index in [0.29, 0.717) is 5.95 Å². The summed E-state index contributed by atoms with van der Waals surface area (Å²) in [6.45, 7) is 2.85. The van der Waals surface area contributed by atoms with E-state index in [2.05, 4.69) is 9.97 Å². The zero-order chi connectivity index (χ0) is 10.6. The number of hydrogen-bond donors (Lipinski definition) is 1. The Balaban J connectivity index is 2.87. The Morgan fingerprint density at radius 3 is 2.93 bits per heavy atom. The van der Waals surface area contributed by atoms with Crippen molar-refractivity contribution in [2.45, 2.75) is 13.3 Å². The van der Waals surface area contributed by atoms with Gasteiger partial charge in [0.05, 0.1) is 0 Å². The summed E-state index contributed by atoms with van der Waals surface area (Å²) in [5.74, 6) is -0.578. The van der Waals surface area contributed by atoms with Crippen LogP contribution < -0.4 is 4.90 Å². The van der Waals surface area contributed by atoms with Gasteiger partial charge in [-0.25, -0.2) is 14.8 Å². The minimum absolute atomic E-state index is 0.0259. The fourth-order valence-electron chi connectivity index (χ4n) is 1.09. The standard InChI is InChI=1S/C9H13N3O2/c1-3-6-12(2)9-10-5-4-7(11-9)8(13)14/h4-5H,3,6H2,1-2H3,(H,13,14). The number of anilines is 1. The second-order valence-corrected chi connectivity index (χ2v) is 2.97. The SMILES string of the molecule is CCCN(C)c1nccc(C(=O)O)n1. The molecule has 0 saturated heterocycles. The molecule has 0 saturated carbocycles. The highest BCUT2D eigenvalue weighted by Crippen LogP contribution is 2.05. The molecule has 1 heterocycles. The molecule has 5 heteroatoms. The lowest BCUT2D eigenvalue weighted by Gasteiger charge is -2.15. The van der Waals surface area contributed by atoms with Gasteiger partial charge < -0.3 is 10.0 Å². The lowest BCUT2D eigenvalue weighted by atomic mass is 10.4. The highest BCUT2D eigenvalue weighted by Gasteiger charge is 2.08. The molecule has 5 nitrogen and oxygen atoms in total. The molecule has 1 aromatic rings. The maximum Gasteiger partial charge on any atom is 0.354 e. The second-order valence-electron chi connectivity index (χ2n) is 2.97. The largest absolute Gasteiger partial charge is 0.477 e. The van der Waals surface area contributed by atoms with Gasteiger partial charge in [-0.1, -0.05) is 6.92 Å². The highest BCUT2D eigenvalue weighted by atomic mass is 16.4. The fraction of sp³-hybridized carbons (Fsp3) is 0.444. The average Bonchev–Trinajstić information content (AvgIpc) is 2.18. The number of nitrogens with zero attached hydrogens (tertiary/aromatic N) is 3. The maximum atomic E-state index is 10.6. The second kappa shape index (κ2) is 4.55. The smallest absolute Gasteiger partial charge is 0.354 e. The van der Waals surface area contributed by atoms with Crippen molar-refractivity contribution >= 4 is 11.9 Å². The molecule has 0 aliphatic carbocycles. The monoisotopic (exact) mass is 195 g/mol. The molecule has 14 heavy (non-hydrogen) atoms. The summed E-state index contributed by atoms with van der Waals surface area (Å²) in [5.41, 5.74) is 0.0259. The summed E-state index contributed by atoms with van der Waals surface area (Å²) < 4.78 is 0. The minimum Gasteiger partial charge on any atom is -0.477 e. The molecule has 0 spiro atoms. The number of aromatic nitrogens is 2. The molecule has 0 unspecified atom stereocenters. The van der Waals surface area contributed by atoms with E-state index in [9.17, 15) is 4.79 Å². The van der Waals surface area contributed by atoms with Crippen molar-refractivity contribution in [3.05, 3.63) is 18.0 Å². The van der Waals surface area contributed by atoms with Crippen molar-refractivity contribution < 1.29 is 9.90 Å². The first kappa shape index (κ1) is 10.4. The van der Waals surface area contributed by atoms with Crippen molar-refractivity contribution in [3.63, 3.8) is 0 Å². The van der Waals surface area contributed by atoms with E-state index in [1.807, 2.05) is 18.9 Å². The lowest BCUT2D eigenvalue weighted by Crippen LogP contribution is -2.21. The van der Waals surface area contributed by atoms with Gasteiger partial charge in [0.25, 0.3) is 0 Å². The zero-order valence-electron chi connectivity index (χ0n) is 8.27. The summed E-state index contributed by atoms with van der Waals surface area (Å²) in [5, 5.41) is 8.71. The normalized spacial score (nSPS) is 9.86. The Labute approximate surface area is 82.4 Å². The molecule has 1 rings (SSSR count). The lowest BCUT2D eigenvalue weighted by molar-refractivity contribution is 0.0690. The first-order valence-electron chi connectivity index (χ1n) is 4.42. The van der Waals surface area contributed by atoms with Crippen LogP contribution in [0.5, 0.6) is 0 Å². The van der Waals surface area contributed by atoms with E-state index in [1.54, 1.807) is 0 Å². The molecule has 0 bridgehead atoms. The van der Waals surface area contributed by atoms with Gasteiger partial charge in [0.1, 0.15) is 0 Å². The number of aromatic carboxylic acids is 1. The minimum atomic E-state index is -1.03. The summed E-state index contributed by atoms with van der Waals surface area (Å²) in [7, 11) is 1.84. The predicted molar refractivity (Wildman–Crippen MR) is 52.6 cm³/mol. The van der Waals surface area contributed by atoms with E-state index in [1.165, 1.54) is 12.3 Å². The van der Waals surface area contributed by atoms with E-state index in [-0.39, 0.29) is 5.69 Å². The topological polar surface area (TPSA) is 66.3 Å². The molecule has 1 aromatic heterocycles. The maximum absolute atomic E-state index is 10.6. The van der Waals surface area contributed by atoms with Crippen LogP contribution in [0.25, 0.3) is 0 Å². The predicted octanol–water partition coefficient (Wildman–Crippen LogP) is 1.02. The molecule has 0 aliphatic heterocycles. The van der Waals surface area contributed by atoms with E-state index >= 15 is 0 Å². The van der Waals surface area contributed by atoms with Crippen LogP contribution >= 0.6 is 0 Å². The highest BCUT2D eigenvalue weighted by molar-refractivity contribution is 5.85. The number of hydrogen-bond acceptors (Lipinski definition) is 4. The third-order valence-corrected chi connectivity index (χ3v) is 1.76. The van der Waals surface area contributed by atoms with Crippen LogP contribution in [-0.2, 0) is 0 Å². The van der Waals surface area contributed by atoms with Gasteiger partial charge in [0.2, 0.25) is 5.95 Å². The Bertz CT molecular complexity index is 328. The van der Waals surface area contributed by atoms with Gasteiger partial charge in [-0.15, -0.1) is 0 Å². The average molecular weight is 195 g/mol. The van der Waals surface area contributed by atoms with Crippen LogP contribution in [0.15, 0.2) is 12.3 Å². The summed E-state index contributed by atoms with van der Waals surface area (Å²) in [6, 6.07) is 1.38. The van der Waals surface area contributed by atoms with Crippen molar-refractivity contribution in [3.8, 4) is 0 Å². The summed E-state index contributed by atoms with van der Waals surface area (Å²) in [4.78, 5) is 20.3. The van der Waals surface area contributed by atoms with Crippen LogP contribution in [-0.4, -0.2) is 34.6 Å². The molecule has 1 N–H and O–H groups in total. The number of rotatable bonds is 4. The van der Waals surface area contributed by atoms with Crippen LogP contribution in [0.2, 0.25) is 0 Å². The van der Waals surface area contributed by atoms with Crippen LogP contribution in [0.1, 0.15) is 23.8 Å². The summed E-state index contributed by atoms with van der Waals surface area (Å²) in [6.07, 6.45) is 2.43. The fourth-order valence-corrected chi connectivity index (χ4v) is 1.09. The molecule has 0 atom stereocenters. The molecule has 0 amide bonds. The molecular weight excluding hydrogens is 182 g/mol. The van der Waals surface area contributed by atoms with E-state index < -0.39 is 5.97 Å². The number of carbonyl (C=O) groups is 1. The van der Waals surface area contributed by atoms with Crippen molar-refractivity contribution in [1.29, 1.82) is 0 Å². The summed E-state index contributed by atoms with van der Waals surface area (Å²) >= 11 is 0. The Morgan fingerprint density at radius 2 is 2.36 bits per heavy atom. The Morgan fingerprint density at radius 1 is 1.64 bits per heavy atom. The molecule has 0 radical (unpaired) electrons. The first-order chi connectivity index (χ1) is 6.65. The van der Waals surface area contributed by atoms with Crippen molar-refractivity contribution in [2.75, 3.05) is 18.5 Å². The van der Waals surface area contributed by atoms with E-state index in [0.717, 1.165) is 13.0 Å². The third-order valence-electron chi connectivity index (χ3n) is 1.76. The zero-order valence-corrected chi connectivity index (χ0v) is 8.27. The Hall–Kier alpha value is -1.65. The van der Waals surface area contributed by atoms with Gasteiger partial charge in [0.15, 0.2) is 5.69 Å². The van der Waals surface area contributed by atoms with Crippen molar-refractivity contribution in [2.24, 2.45) is 0 Å². The van der Waals surface area contributed by atoms with Gasteiger partial charge in [-0.3, -0.25) is 0 Å². The molecular formula is C9H13N3O2. The van der Waals surface area contributed by atoms with Gasteiger partial charge in [-0.2, -0.15) is 0 Å². The molecule has 0 fully saturated rings. The van der Waals surface area contributed by atoms with Gasteiger partial charge in [0, 0.05) is 19.8 Å². The number of carboxylic acid groups (broad SMARTS) is 1. The van der Waals surface area contributed by atoms with Crippen LogP contribution in [0, 0.1) is 0 Å². The molecule has 0 aromatic carbocycles. The molecule has 76 valence electrons. The van der Waals surface area contributed by atoms with Gasteiger partial charge >= 0.3 is 5.97 Å². The quantitative estimate of drug-likeness (QED) is 0.777. The molecule has 0 aliphatic rings. The Kier molecular flexibility index (Phi) is 3.39. The number of carboxylic acids is 1. The van der Waals surface area contributed by atoms with Crippen LogP contribution in [0.3, 0.4) is 0 Å². The van der Waals surface area contributed by atoms with Crippen molar-refractivity contribution in [1.82, 2.24) is 9.97 Å². The van der Waals surface area contributed by atoms with Crippen LogP contribution in [0.4, 0.5) is 5.95 Å². The third kappa shape index (κ3) is 2.42. The van der Waals surface area contributed by atoms with Gasteiger partial charge in [-0.05, 0) is 12.5 Å².